The molecule has 2 amide bonds. The Morgan fingerprint density at radius 3 is 2.52 bits per heavy atom. The first-order valence-electron chi connectivity index (χ1n) is 7.17. The predicted octanol–water partition coefficient (Wildman–Crippen LogP) is 2.62. The van der Waals surface area contributed by atoms with Crippen LogP contribution in [0, 0.1) is 0 Å². The standard InChI is InChI=1S/C15H22BrN3O2/c1-9(13(20)18-15(2,3)4)17-14(21)12-7-10(16)8-19(12)11-5-6-11/h7-9,11H,5-6H2,1-4H3,(H,17,21)(H,18,20). The highest BCUT2D eigenvalue weighted by atomic mass is 79.9. The van der Waals surface area contributed by atoms with E-state index in [0.29, 0.717) is 11.7 Å². The average molecular weight is 356 g/mol. The Labute approximate surface area is 133 Å². The summed E-state index contributed by atoms with van der Waals surface area (Å²) in [5.74, 6) is -0.399. The van der Waals surface area contributed by atoms with Gasteiger partial charge in [0.05, 0.1) is 0 Å². The Morgan fingerprint density at radius 2 is 2.00 bits per heavy atom. The van der Waals surface area contributed by atoms with Crippen LogP contribution in [0.15, 0.2) is 16.7 Å². The summed E-state index contributed by atoms with van der Waals surface area (Å²) in [7, 11) is 0. The van der Waals surface area contributed by atoms with Gasteiger partial charge in [-0.05, 0) is 62.5 Å². The topological polar surface area (TPSA) is 63.1 Å². The SMILES string of the molecule is CC(NC(=O)c1cc(Br)cn1C1CC1)C(=O)NC(C)(C)C. The van der Waals surface area contributed by atoms with Gasteiger partial charge in [0.1, 0.15) is 11.7 Å². The van der Waals surface area contributed by atoms with Crippen LogP contribution in [0.4, 0.5) is 0 Å². The number of hydrogen-bond acceptors (Lipinski definition) is 2. The number of carbonyl (C=O) groups is 2. The van der Waals surface area contributed by atoms with E-state index < -0.39 is 6.04 Å². The molecule has 0 aliphatic heterocycles. The normalized spacial score (nSPS) is 16.4. The lowest BCUT2D eigenvalue weighted by atomic mass is 10.1. The van der Waals surface area contributed by atoms with E-state index in [1.807, 2.05) is 31.5 Å². The van der Waals surface area contributed by atoms with Crippen molar-refractivity contribution in [3.63, 3.8) is 0 Å². The minimum atomic E-state index is -0.571. The number of hydrogen-bond donors (Lipinski definition) is 2. The molecule has 1 saturated carbocycles. The summed E-state index contributed by atoms with van der Waals surface area (Å²) < 4.78 is 2.86. The van der Waals surface area contributed by atoms with Crippen molar-refractivity contribution in [1.29, 1.82) is 0 Å². The molecule has 2 N–H and O–H groups in total. The van der Waals surface area contributed by atoms with Crippen LogP contribution in [0.25, 0.3) is 0 Å². The molecule has 0 aromatic carbocycles. The number of carbonyl (C=O) groups excluding carboxylic acids is 2. The van der Waals surface area contributed by atoms with E-state index in [1.165, 1.54) is 0 Å². The van der Waals surface area contributed by atoms with Gasteiger partial charge in [0.25, 0.3) is 5.91 Å². The monoisotopic (exact) mass is 355 g/mol. The molecule has 1 aliphatic rings. The third-order valence-electron chi connectivity index (χ3n) is 3.23. The quantitative estimate of drug-likeness (QED) is 0.871. The molecular formula is C15H22BrN3O2. The van der Waals surface area contributed by atoms with Crippen molar-refractivity contribution in [3.05, 3.63) is 22.4 Å². The van der Waals surface area contributed by atoms with Crippen LogP contribution >= 0.6 is 15.9 Å². The van der Waals surface area contributed by atoms with Gasteiger partial charge in [-0.1, -0.05) is 0 Å². The molecule has 1 heterocycles. The molecule has 1 atom stereocenters. The lowest BCUT2D eigenvalue weighted by Crippen LogP contribution is -2.51. The Bertz CT molecular complexity index is 556. The van der Waals surface area contributed by atoms with Gasteiger partial charge in [-0.2, -0.15) is 0 Å². The highest BCUT2D eigenvalue weighted by Gasteiger charge is 2.29. The van der Waals surface area contributed by atoms with E-state index in [4.69, 9.17) is 0 Å². The molecule has 0 bridgehead atoms. The maximum Gasteiger partial charge on any atom is 0.268 e. The molecule has 0 radical (unpaired) electrons. The fourth-order valence-electron chi connectivity index (χ4n) is 2.10. The van der Waals surface area contributed by atoms with E-state index in [0.717, 1.165) is 17.3 Å². The van der Waals surface area contributed by atoms with E-state index in [9.17, 15) is 9.59 Å². The number of rotatable bonds is 4. The molecule has 1 aliphatic carbocycles. The van der Waals surface area contributed by atoms with Crippen LogP contribution < -0.4 is 10.6 Å². The average Bonchev–Trinajstić information content (AvgIpc) is 3.10. The van der Waals surface area contributed by atoms with Crippen LogP contribution in [-0.2, 0) is 4.79 Å². The second-order valence-electron chi connectivity index (χ2n) is 6.62. The molecule has 1 unspecified atom stereocenters. The first-order chi connectivity index (χ1) is 9.67. The highest BCUT2D eigenvalue weighted by molar-refractivity contribution is 9.10. The van der Waals surface area contributed by atoms with Crippen LogP contribution in [0.2, 0.25) is 0 Å². The zero-order chi connectivity index (χ0) is 15.8. The van der Waals surface area contributed by atoms with E-state index in [1.54, 1.807) is 13.0 Å². The predicted molar refractivity (Wildman–Crippen MR) is 85.2 cm³/mol. The molecule has 2 rings (SSSR count). The molecule has 1 fully saturated rings. The molecule has 116 valence electrons. The van der Waals surface area contributed by atoms with Crippen molar-refractivity contribution in [2.75, 3.05) is 0 Å². The number of aromatic nitrogens is 1. The molecule has 5 nitrogen and oxygen atoms in total. The minimum absolute atomic E-state index is 0.181. The summed E-state index contributed by atoms with van der Waals surface area (Å²) in [6.45, 7) is 7.43. The molecule has 0 saturated heterocycles. The Balaban J connectivity index is 2.02. The minimum Gasteiger partial charge on any atom is -0.350 e. The molecule has 21 heavy (non-hydrogen) atoms. The van der Waals surface area contributed by atoms with Gasteiger partial charge in [0.2, 0.25) is 5.91 Å². The van der Waals surface area contributed by atoms with E-state index in [2.05, 4.69) is 26.6 Å². The molecule has 6 heteroatoms. The van der Waals surface area contributed by atoms with Crippen molar-refractivity contribution < 1.29 is 9.59 Å². The van der Waals surface area contributed by atoms with Gasteiger partial charge in [0.15, 0.2) is 0 Å². The smallest absolute Gasteiger partial charge is 0.268 e. The Kier molecular flexibility index (Phi) is 4.46. The van der Waals surface area contributed by atoms with Crippen LogP contribution in [0.5, 0.6) is 0 Å². The molecule has 0 spiro atoms. The highest BCUT2D eigenvalue weighted by Crippen LogP contribution is 2.37. The Hall–Kier alpha value is -1.30. The summed E-state index contributed by atoms with van der Waals surface area (Å²) in [6, 6.07) is 1.64. The maximum absolute atomic E-state index is 12.4. The lowest BCUT2D eigenvalue weighted by molar-refractivity contribution is -0.124. The number of nitrogens with one attached hydrogen (secondary N) is 2. The summed E-state index contributed by atoms with van der Waals surface area (Å²) >= 11 is 3.40. The summed E-state index contributed by atoms with van der Waals surface area (Å²) in [4.78, 5) is 24.4. The Morgan fingerprint density at radius 1 is 1.38 bits per heavy atom. The van der Waals surface area contributed by atoms with Gasteiger partial charge < -0.3 is 15.2 Å². The third-order valence-corrected chi connectivity index (χ3v) is 3.66. The zero-order valence-corrected chi connectivity index (χ0v) is 14.5. The van der Waals surface area contributed by atoms with Crippen molar-refractivity contribution >= 4 is 27.7 Å². The maximum atomic E-state index is 12.4. The fourth-order valence-corrected chi connectivity index (χ4v) is 2.53. The van der Waals surface area contributed by atoms with E-state index >= 15 is 0 Å². The second-order valence-corrected chi connectivity index (χ2v) is 7.53. The van der Waals surface area contributed by atoms with Gasteiger partial charge in [0, 0.05) is 22.3 Å². The van der Waals surface area contributed by atoms with Gasteiger partial charge in [-0.3, -0.25) is 9.59 Å². The fraction of sp³-hybridized carbons (Fsp3) is 0.600. The third kappa shape index (κ3) is 4.33. The van der Waals surface area contributed by atoms with Crippen molar-refractivity contribution in [1.82, 2.24) is 15.2 Å². The van der Waals surface area contributed by atoms with Gasteiger partial charge in [-0.15, -0.1) is 0 Å². The second kappa shape index (κ2) is 5.83. The van der Waals surface area contributed by atoms with Crippen LogP contribution in [0.1, 0.15) is 57.1 Å². The zero-order valence-electron chi connectivity index (χ0n) is 12.9. The van der Waals surface area contributed by atoms with Crippen molar-refractivity contribution in [2.45, 2.75) is 58.2 Å². The molecular weight excluding hydrogens is 334 g/mol. The molecule has 1 aromatic rings. The summed E-state index contributed by atoms with van der Waals surface area (Å²) in [5, 5.41) is 5.62. The van der Waals surface area contributed by atoms with Crippen molar-refractivity contribution in [3.8, 4) is 0 Å². The number of halogens is 1. The number of nitrogens with zero attached hydrogens (tertiary/aromatic N) is 1. The lowest BCUT2D eigenvalue weighted by Gasteiger charge is -2.23. The first kappa shape index (κ1) is 16.1. The first-order valence-corrected chi connectivity index (χ1v) is 7.97. The van der Waals surface area contributed by atoms with Crippen molar-refractivity contribution in [2.24, 2.45) is 0 Å². The van der Waals surface area contributed by atoms with Crippen LogP contribution in [-0.4, -0.2) is 28.0 Å². The largest absolute Gasteiger partial charge is 0.350 e. The summed E-state index contributed by atoms with van der Waals surface area (Å²) in [6.07, 6.45) is 4.12. The number of amides is 2. The van der Waals surface area contributed by atoms with Gasteiger partial charge >= 0.3 is 0 Å². The van der Waals surface area contributed by atoms with Gasteiger partial charge in [-0.25, -0.2) is 0 Å². The van der Waals surface area contributed by atoms with Crippen LogP contribution in [0.3, 0.4) is 0 Å². The molecule has 1 aromatic heterocycles. The summed E-state index contributed by atoms with van der Waals surface area (Å²) in [5.41, 5.74) is 0.285. The van der Waals surface area contributed by atoms with E-state index in [-0.39, 0.29) is 17.4 Å².